The van der Waals surface area contributed by atoms with Crippen LogP contribution in [0.2, 0.25) is 0 Å². The Hall–Kier alpha value is -1.61. The largest absolute Gasteiger partial charge is 0.496 e. The average molecular weight is 216 g/mol. The summed E-state index contributed by atoms with van der Waals surface area (Å²) < 4.78 is 11.1. The molecule has 2 atom stereocenters. The predicted octanol–water partition coefficient (Wildman–Crippen LogP) is 2.58. The summed E-state index contributed by atoms with van der Waals surface area (Å²) in [6.07, 6.45) is 3.89. The lowest BCUT2D eigenvalue weighted by molar-refractivity contribution is 0.0857. The molecule has 0 aliphatic carbocycles. The first-order valence-corrected chi connectivity index (χ1v) is 5.28. The highest BCUT2D eigenvalue weighted by molar-refractivity contribution is 5.96. The second kappa shape index (κ2) is 3.19. The standard InChI is InChI=1S/C13H12O3/c1-7(14)8-3-4-9(15-2)13-11-6-5-10(16-11)12(8)13/h3-6,10-11H,1-2H3/t10-,11+/m1/s1. The summed E-state index contributed by atoms with van der Waals surface area (Å²) >= 11 is 0. The van der Waals surface area contributed by atoms with Crippen LogP contribution in [-0.4, -0.2) is 12.9 Å². The van der Waals surface area contributed by atoms with Crippen molar-refractivity contribution < 1.29 is 14.3 Å². The van der Waals surface area contributed by atoms with Crippen LogP contribution in [0.3, 0.4) is 0 Å². The Kier molecular flexibility index (Phi) is 1.91. The van der Waals surface area contributed by atoms with Gasteiger partial charge in [0.25, 0.3) is 0 Å². The van der Waals surface area contributed by atoms with Crippen LogP contribution in [-0.2, 0) is 4.74 Å². The van der Waals surface area contributed by atoms with Crippen molar-refractivity contribution in [2.45, 2.75) is 19.1 Å². The summed E-state index contributed by atoms with van der Waals surface area (Å²) in [4.78, 5) is 11.6. The van der Waals surface area contributed by atoms with E-state index in [0.29, 0.717) is 0 Å². The van der Waals surface area contributed by atoms with E-state index in [1.54, 1.807) is 14.0 Å². The van der Waals surface area contributed by atoms with Gasteiger partial charge in [0.15, 0.2) is 5.78 Å². The summed E-state index contributed by atoms with van der Waals surface area (Å²) in [5.41, 5.74) is 2.75. The predicted molar refractivity (Wildman–Crippen MR) is 58.7 cm³/mol. The number of ketones is 1. The van der Waals surface area contributed by atoms with Gasteiger partial charge in [0.2, 0.25) is 0 Å². The molecular formula is C13H12O3. The Labute approximate surface area is 93.7 Å². The normalized spacial score (nSPS) is 24.6. The van der Waals surface area contributed by atoms with Gasteiger partial charge in [-0.3, -0.25) is 4.79 Å². The molecule has 2 bridgehead atoms. The van der Waals surface area contributed by atoms with Crippen molar-refractivity contribution in [2.24, 2.45) is 0 Å². The number of ether oxygens (including phenoxy) is 2. The molecule has 1 aromatic rings. The molecular weight excluding hydrogens is 204 g/mol. The molecule has 0 radical (unpaired) electrons. The summed E-state index contributed by atoms with van der Waals surface area (Å²) in [6, 6.07) is 3.66. The Morgan fingerprint density at radius 2 is 1.94 bits per heavy atom. The highest BCUT2D eigenvalue weighted by Crippen LogP contribution is 2.50. The number of fused-ring (bicyclic) bond motifs is 5. The van der Waals surface area contributed by atoms with Crippen molar-refractivity contribution in [3.05, 3.63) is 41.0 Å². The van der Waals surface area contributed by atoms with Gasteiger partial charge < -0.3 is 9.47 Å². The van der Waals surface area contributed by atoms with Crippen LogP contribution in [0.15, 0.2) is 24.3 Å². The second-order valence-electron chi connectivity index (χ2n) is 4.06. The van der Waals surface area contributed by atoms with E-state index in [4.69, 9.17) is 9.47 Å². The SMILES string of the molecule is COc1ccc(C(C)=O)c2c1[C@@H]1C=C[C@H]2O1. The number of methoxy groups -OCH3 is 1. The zero-order chi connectivity index (χ0) is 11.3. The fourth-order valence-corrected chi connectivity index (χ4v) is 2.48. The second-order valence-corrected chi connectivity index (χ2v) is 4.06. The van der Waals surface area contributed by atoms with Crippen molar-refractivity contribution in [2.75, 3.05) is 7.11 Å². The molecule has 0 aromatic heterocycles. The number of benzene rings is 1. The maximum absolute atomic E-state index is 11.6. The number of carbonyl (C=O) groups is 1. The molecule has 0 unspecified atom stereocenters. The first kappa shape index (κ1) is 9.60. The fourth-order valence-electron chi connectivity index (χ4n) is 2.48. The molecule has 2 aliphatic rings. The van der Waals surface area contributed by atoms with Crippen molar-refractivity contribution in [1.82, 2.24) is 0 Å². The molecule has 0 saturated carbocycles. The number of Topliss-reactive ketones (excluding diaryl/α,β-unsaturated/α-hetero) is 1. The number of rotatable bonds is 2. The van der Waals surface area contributed by atoms with Gasteiger partial charge in [-0.25, -0.2) is 0 Å². The third-order valence-electron chi connectivity index (χ3n) is 3.17. The van der Waals surface area contributed by atoms with E-state index in [1.807, 2.05) is 24.3 Å². The van der Waals surface area contributed by atoms with Gasteiger partial charge in [-0.15, -0.1) is 0 Å². The number of hydrogen-bond acceptors (Lipinski definition) is 3. The lowest BCUT2D eigenvalue weighted by Gasteiger charge is -2.14. The van der Waals surface area contributed by atoms with Crippen LogP contribution in [0.4, 0.5) is 0 Å². The van der Waals surface area contributed by atoms with Crippen molar-refractivity contribution in [3.8, 4) is 5.75 Å². The molecule has 82 valence electrons. The van der Waals surface area contributed by atoms with E-state index in [9.17, 15) is 4.79 Å². The molecule has 0 saturated heterocycles. The molecule has 3 heteroatoms. The van der Waals surface area contributed by atoms with Gasteiger partial charge in [0.1, 0.15) is 18.0 Å². The van der Waals surface area contributed by atoms with E-state index in [2.05, 4.69) is 0 Å². The van der Waals surface area contributed by atoms with Gasteiger partial charge in [-0.05, 0) is 19.1 Å². The van der Waals surface area contributed by atoms with E-state index in [0.717, 1.165) is 22.4 Å². The van der Waals surface area contributed by atoms with E-state index < -0.39 is 0 Å². The maximum Gasteiger partial charge on any atom is 0.160 e. The minimum absolute atomic E-state index is 0.0470. The van der Waals surface area contributed by atoms with Gasteiger partial charge >= 0.3 is 0 Å². The van der Waals surface area contributed by atoms with Crippen molar-refractivity contribution >= 4 is 5.78 Å². The summed E-state index contributed by atoms with van der Waals surface area (Å²) in [5, 5.41) is 0. The van der Waals surface area contributed by atoms with Gasteiger partial charge in [0, 0.05) is 16.7 Å². The van der Waals surface area contributed by atoms with Gasteiger partial charge in [-0.2, -0.15) is 0 Å². The van der Waals surface area contributed by atoms with E-state index in [1.165, 1.54) is 0 Å². The minimum Gasteiger partial charge on any atom is -0.496 e. The molecule has 0 fully saturated rings. The Morgan fingerprint density at radius 1 is 1.25 bits per heavy atom. The molecule has 1 aromatic carbocycles. The zero-order valence-corrected chi connectivity index (χ0v) is 9.19. The third kappa shape index (κ3) is 1.09. The highest BCUT2D eigenvalue weighted by atomic mass is 16.5. The lowest BCUT2D eigenvalue weighted by atomic mass is 9.90. The molecule has 16 heavy (non-hydrogen) atoms. The van der Waals surface area contributed by atoms with Crippen molar-refractivity contribution in [3.63, 3.8) is 0 Å². The molecule has 0 N–H and O–H groups in total. The van der Waals surface area contributed by atoms with Gasteiger partial charge in [0.05, 0.1) is 7.11 Å². The maximum atomic E-state index is 11.6. The summed E-state index contributed by atoms with van der Waals surface area (Å²) in [7, 11) is 1.64. The zero-order valence-electron chi connectivity index (χ0n) is 9.19. The molecule has 3 rings (SSSR count). The fraction of sp³-hybridized carbons (Fsp3) is 0.308. The summed E-state index contributed by atoms with van der Waals surface area (Å²) in [6.45, 7) is 1.58. The summed E-state index contributed by atoms with van der Waals surface area (Å²) in [5.74, 6) is 0.875. The smallest absolute Gasteiger partial charge is 0.160 e. The van der Waals surface area contributed by atoms with E-state index >= 15 is 0 Å². The van der Waals surface area contributed by atoms with Crippen LogP contribution in [0.5, 0.6) is 5.75 Å². The van der Waals surface area contributed by atoms with Crippen LogP contribution in [0.25, 0.3) is 0 Å². The molecule has 2 aliphatic heterocycles. The molecule has 0 amide bonds. The Balaban J connectivity index is 2.27. The Morgan fingerprint density at radius 3 is 2.56 bits per heavy atom. The highest BCUT2D eigenvalue weighted by Gasteiger charge is 2.38. The quantitative estimate of drug-likeness (QED) is 0.563. The minimum atomic E-state index is -0.0750. The van der Waals surface area contributed by atoms with Crippen molar-refractivity contribution in [1.29, 1.82) is 0 Å². The van der Waals surface area contributed by atoms with Gasteiger partial charge in [-0.1, -0.05) is 12.2 Å². The lowest BCUT2D eigenvalue weighted by Crippen LogP contribution is -2.05. The van der Waals surface area contributed by atoms with Crippen LogP contribution < -0.4 is 4.74 Å². The first-order valence-electron chi connectivity index (χ1n) is 5.28. The average Bonchev–Trinajstić information content (AvgIpc) is 2.88. The third-order valence-corrected chi connectivity index (χ3v) is 3.17. The van der Waals surface area contributed by atoms with Crippen LogP contribution in [0.1, 0.15) is 40.6 Å². The van der Waals surface area contributed by atoms with E-state index in [-0.39, 0.29) is 18.0 Å². The number of carbonyl (C=O) groups excluding carboxylic acids is 1. The molecule has 2 heterocycles. The van der Waals surface area contributed by atoms with Crippen LogP contribution in [0, 0.1) is 0 Å². The van der Waals surface area contributed by atoms with Crippen LogP contribution >= 0.6 is 0 Å². The first-order chi connectivity index (χ1) is 7.72. The Bertz CT molecular complexity index is 502. The monoisotopic (exact) mass is 216 g/mol. The topological polar surface area (TPSA) is 35.5 Å². The number of hydrogen-bond donors (Lipinski definition) is 0. The molecule has 3 nitrogen and oxygen atoms in total. The molecule has 0 spiro atoms.